The molecule has 1 aromatic rings. The Labute approximate surface area is 186 Å². The topological polar surface area (TPSA) is 89.7 Å². The SMILES string of the molecule is CCCc1ccccc1OP(=O)(O)S.O=C1C=C(N2CC2)C(=O)C(N2CC2)=C1N1CC1. The van der Waals surface area contributed by atoms with Crippen LogP contribution in [0.2, 0.25) is 0 Å². The van der Waals surface area contributed by atoms with Gasteiger partial charge in [0.05, 0.1) is 5.70 Å². The summed E-state index contributed by atoms with van der Waals surface area (Å²) in [6.07, 6.45) is 3.31. The molecule has 1 aromatic carbocycles. The van der Waals surface area contributed by atoms with E-state index in [-0.39, 0.29) is 11.6 Å². The average Bonchev–Trinajstić information content (AvgIpc) is 3.54. The molecule has 1 N–H and O–H groups in total. The summed E-state index contributed by atoms with van der Waals surface area (Å²) in [7, 11) is 0. The fourth-order valence-corrected chi connectivity index (χ4v) is 4.17. The molecule has 0 amide bonds. The Balaban J connectivity index is 0.000000153. The molecule has 31 heavy (non-hydrogen) atoms. The molecule has 0 aromatic heterocycles. The lowest BCUT2D eigenvalue weighted by Crippen LogP contribution is -2.29. The Morgan fingerprint density at radius 3 is 2.13 bits per heavy atom. The zero-order chi connectivity index (χ0) is 22.2. The van der Waals surface area contributed by atoms with Crippen molar-refractivity contribution in [1.82, 2.24) is 14.7 Å². The normalized spacial score (nSPS) is 21.3. The first kappa shape index (κ1) is 22.0. The van der Waals surface area contributed by atoms with E-state index in [0.29, 0.717) is 22.8 Å². The molecule has 4 aliphatic rings. The minimum Gasteiger partial charge on any atom is -0.417 e. The van der Waals surface area contributed by atoms with Gasteiger partial charge in [-0.2, -0.15) is 0 Å². The van der Waals surface area contributed by atoms with Crippen molar-refractivity contribution < 1.29 is 23.6 Å². The monoisotopic (exact) mass is 463 g/mol. The third-order valence-corrected chi connectivity index (χ3v) is 5.88. The van der Waals surface area contributed by atoms with Crippen LogP contribution in [0.4, 0.5) is 0 Å². The zero-order valence-electron chi connectivity index (χ0n) is 17.4. The Morgan fingerprint density at radius 1 is 1.00 bits per heavy atom. The first-order chi connectivity index (χ1) is 14.8. The lowest BCUT2D eigenvalue weighted by atomic mass is 10.0. The van der Waals surface area contributed by atoms with Gasteiger partial charge in [0.15, 0.2) is 0 Å². The number of ketones is 2. The highest BCUT2D eigenvalue weighted by atomic mass is 32.7. The number of rotatable bonds is 7. The van der Waals surface area contributed by atoms with Crippen molar-refractivity contribution in [3.8, 4) is 5.75 Å². The summed E-state index contributed by atoms with van der Waals surface area (Å²) < 4.78 is 15.8. The Morgan fingerprint density at radius 2 is 1.58 bits per heavy atom. The summed E-state index contributed by atoms with van der Waals surface area (Å²) in [6, 6.07) is 7.18. The molecule has 1 aliphatic carbocycles. The van der Waals surface area contributed by atoms with Gasteiger partial charge in [-0.3, -0.25) is 9.59 Å². The maximum Gasteiger partial charge on any atom is 0.434 e. The number of carbonyl (C=O) groups is 2. The molecule has 8 nitrogen and oxygen atoms in total. The van der Waals surface area contributed by atoms with Gasteiger partial charge in [-0.1, -0.05) is 31.5 Å². The van der Waals surface area contributed by atoms with Crippen LogP contribution in [-0.2, 0) is 20.6 Å². The summed E-state index contributed by atoms with van der Waals surface area (Å²) in [6.45, 7) is 3.70. The van der Waals surface area contributed by atoms with Crippen molar-refractivity contribution in [2.24, 2.45) is 0 Å². The molecule has 0 saturated carbocycles. The highest BCUT2D eigenvalue weighted by Crippen LogP contribution is 2.47. The Kier molecular flexibility index (Phi) is 6.19. The fourth-order valence-electron chi connectivity index (χ4n) is 3.47. The molecule has 3 aliphatic heterocycles. The number of Topliss-reactive ketones (excluding diaryl/α,β-unsaturated/α-hetero) is 1. The number of allylic oxidation sites excluding steroid dienone is 1. The molecule has 166 valence electrons. The first-order valence-corrected chi connectivity index (χ1v) is 13.1. The molecular weight excluding hydrogens is 437 g/mol. The van der Waals surface area contributed by atoms with Crippen LogP contribution in [0.25, 0.3) is 0 Å². The van der Waals surface area contributed by atoms with Crippen LogP contribution in [0.15, 0.2) is 47.4 Å². The van der Waals surface area contributed by atoms with E-state index in [9.17, 15) is 14.2 Å². The average molecular weight is 463 g/mol. The van der Waals surface area contributed by atoms with E-state index < -0.39 is 6.80 Å². The zero-order valence-corrected chi connectivity index (χ0v) is 19.1. The maximum atomic E-state index is 12.4. The van der Waals surface area contributed by atoms with Crippen molar-refractivity contribution in [2.45, 2.75) is 19.8 Å². The van der Waals surface area contributed by atoms with E-state index in [2.05, 4.69) is 12.2 Å². The second-order valence-electron chi connectivity index (χ2n) is 7.82. The number of para-hydroxylation sites is 1. The van der Waals surface area contributed by atoms with Gasteiger partial charge in [0.25, 0.3) is 0 Å². The van der Waals surface area contributed by atoms with Gasteiger partial charge in [-0.15, -0.1) is 0 Å². The molecule has 5 rings (SSSR count). The van der Waals surface area contributed by atoms with E-state index in [4.69, 9.17) is 9.42 Å². The van der Waals surface area contributed by atoms with Crippen LogP contribution in [0.5, 0.6) is 5.75 Å². The number of aryl methyl sites for hydroxylation is 1. The second kappa shape index (κ2) is 8.73. The fraction of sp³-hybridized carbons (Fsp3) is 0.429. The van der Waals surface area contributed by atoms with E-state index in [1.165, 1.54) is 6.08 Å². The van der Waals surface area contributed by atoms with Crippen LogP contribution in [0.3, 0.4) is 0 Å². The lowest BCUT2D eigenvalue weighted by molar-refractivity contribution is -0.117. The molecule has 10 heteroatoms. The first-order valence-electron chi connectivity index (χ1n) is 10.4. The van der Waals surface area contributed by atoms with Gasteiger partial charge in [-0.25, -0.2) is 4.57 Å². The van der Waals surface area contributed by atoms with Gasteiger partial charge in [0.2, 0.25) is 11.6 Å². The lowest BCUT2D eigenvalue weighted by Gasteiger charge is -2.21. The standard InChI is InChI=1S/C12H13N3O2.C9H13O3PS/c16-9-7-8(13-1-2-13)12(17)11(15-5-6-15)10(9)14-3-4-14;1-2-5-8-6-3-4-7-9(8)12-13(10,11)14/h7H,1-6H2;3-4,6-7H,2,5H2,1H3,(H2,10,11,14). The number of hydrogen-bond acceptors (Lipinski definition) is 7. The predicted molar refractivity (Wildman–Crippen MR) is 120 cm³/mol. The minimum absolute atomic E-state index is 0.00546. The third kappa shape index (κ3) is 5.53. The molecule has 0 spiro atoms. The van der Waals surface area contributed by atoms with Crippen LogP contribution >= 0.6 is 19.0 Å². The second-order valence-corrected chi connectivity index (χ2v) is 10.5. The summed E-state index contributed by atoms with van der Waals surface area (Å²) in [5, 5.41) is 0. The number of benzene rings is 1. The quantitative estimate of drug-likeness (QED) is 0.276. The van der Waals surface area contributed by atoms with Gasteiger partial charge in [0.1, 0.15) is 17.1 Å². The predicted octanol–water partition coefficient (Wildman–Crippen LogP) is 2.23. The largest absolute Gasteiger partial charge is 0.434 e. The third-order valence-electron chi connectivity index (χ3n) is 5.20. The number of nitrogens with zero attached hydrogens (tertiary/aromatic N) is 3. The van der Waals surface area contributed by atoms with Crippen molar-refractivity contribution >= 4 is 30.6 Å². The Bertz CT molecular complexity index is 1010. The molecule has 3 heterocycles. The van der Waals surface area contributed by atoms with Crippen molar-refractivity contribution in [3.63, 3.8) is 0 Å². The van der Waals surface area contributed by atoms with Crippen LogP contribution < -0.4 is 4.52 Å². The molecule has 3 fully saturated rings. The molecule has 3 saturated heterocycles. The molecular formula is C21H26N3O5PS. The van der Waals surface area contributed by atoms with E-state index in [0.717, 1.165) is 57.7 Å². The molecule has 0 bridgehead atoms. The van der Waals surface area contributed by atoms with Gasteiger partial charge in [-0.05, 0) is 30.3 Å². The van der Waals surface area contributed by atoms with Crippen LogP contribution in [-0.4, -0.2) is 70.4 Å². The van der Waals surface area contributed by atoms with E-state index >= 15 is 0 Å². The van der Waals surface area contributed by atoms with Crippen molar-refractivity contribution in [3.05, 3.63) is 53.0 Å². The highest BCUT2D eigenvalue weighted by molar-refractivity contribution is 8.44. The molecule has 0 radical (unpaired) electrons. The van der Waals surface area contributed by atoms with Crippen molar-refractivity contribution in [2.75, 3.05) is 39.3 Å². The van der Waals surface area contributed by atoms with Crippen LogP contribution in [0.1, 0.15) is 18.9 Å². The Hall–Kier alpha value is -2.22. The summed E-state index contributed by atoms with van der Waals surface area (Å²) in [5.41, 5.74) is 2.82. The van der Waals surface area contributed by atoms with Crippen LogP contribution in [0, 0.1) is 0 Å². The van der Waals surface area contributed by atoms with Crippen molar-refractivity contribution in [1.29, 1.82) is 0 Å². The number of hydrogen-bond donors (Lipinski definition) is 2. The van der Waals surface area contributed by atoms with Gasteiger partial charge in [0, 0.05) is 45.3 Å². The highest BCUT2D eigenvalue weighted by Gasteiger charge is 2.43. The molecule has 1 atom stereocenters. The number of thiol groups is 1. The van der Waals surface area contributed by atoms with E-state index in [1.54, 1.807) is 12.1 Å². The molecule has 1 unspecified atom stereocenters. The summed E-state index contributed by atoms with van der Waals surface area (Å²) >= 11 is 3.47. The summed E-state index contributed by atoms with van der Waals surface area (Å²) in [5.74, 6) is 0.489. The smallest absolute Gasteiger partial charge is 0.417 e. The van der Waals surface area contributed by atoms with E-state index in [1.807, 2.05) is 33.8 Å². The van der Waals surface area contributed by atoms with Gasteiger partial charge < -0.3 is 24.1 Å². The van der Waals surface area contributed by atoms with Gasteiger partial charge >= 0.3 is 6.80 Å². The minimum atomic E-state index is -3.74. The number of carbonyl (C=O) groups excluding carboxylic acids is 2. The summed E-state index contributed by atoms with van der Waals surface area (Å²) in [4.78, 5) is 39.4. The maximum absolute atomic E-state index is 12.4.